The van der Waals surface area contributed by atoms with Crippen LogP contribution in [0.3, 0.4) is 0 Å². The van der Waals surface area contributed by atoms with Crippen molar-refractivity contribution in [3.63, 3.8) is 0 Å². The van der Waals surface area contributed by atoms with Crippen LogP contribution in [0.2, 0.25) is 0 Å². The van der Waals surface area contributed by atoms with Crippen LogP contribution in [-0.4, -0.2) is 21.3 Å². The van der Waals surface area contributed by atoms with Crippen LogP contribution in [0.1, 0.15) is 42.9 Å². The summed E-state index contributed by atoms with van der Waals surface area (Å²) in [5.74, 6) is -1.25. The second-order valence-corrected chi connectivity index (χ2v) is 5.49. The molecule has 0 saturated heterocycles. The maximum absolute atomic E-state index is 13.5. The predicted molar refractivity (Wildman–Crippen MR) is 70.7 cm³/mol. The number of halogens is 1. The monoisotopic (exact) mass is 294 g/mol. The van der Waals surface area contributed by atoms with Crippen LogP contribution in [-0.2, 0) is 12.0 Å². The lowest BCUT2D eigenvalue weighted by molar-refractivity contribution is 0.0691. The van der Waals surface area contributed by atoms with E-state index in [0.29, 0.717) is 5.89 Å². The minimum atomic E-state index is -1.33. The van der Waals surface area contributed by atoms with Gasteiger partial charge in [0.05, 0.1) is 5.56 Å². The zero-order valence-corrected chi connectivity index (χ0v) is 11.9. The van der Waals surface area contributed by atoms with Gasteiger partial charge in [-0.3, -0.25) is 0 Å². The van der Waals surface area contributed by atoms with E-state index in [1.165, 1.54) is 6.07 Å². The predicted octanol–water partition coefficient (Wildman–Crippen LogP) is 2.78. The summed E-state index contributed by atoms with van der Waals surface area (Å²) in [7, 11) is 0. The Kier molecular flexibility index (Phi) is 3.93. The van der Waals surface area contributed by atoms with Crippen molar-refractivity contribution >= 4 is 5.97 Å². The van der Waals surface area contributed by atoms with Gasteiger partial charge < -0.3 is 14.3 Å². The number of carbonyl (C=O) groups is 1. The number of rotatable bonds is 4. The number of hydrogen-bond donors (Lipinski definition) is 1. The molecule has 0 bridgehead atoms. The summed E-state index contributed by atoms with van der Waals surface area (Å²) >= 11 is 0. The van der Waals surface area contributed by atoms with Crippen molar-refractivity contribution in [3.05, 3.63) is 41.4 Å². The van der Waals surface area contributed by atoms with Crippen LogP contribution in [0.4, 0.5) is 4.39 Å². The number of nitrogens with zero attached hydrogens (tertiary/aromatic N) is 2. The van der Waals surface area contributed by atoms with Crippen LogP contribution < -0.4 is 4.74 Å². The van der Waals surface area contributed by atoms with Gasteiger partial charge in [-0.05, 0) is 12.1 Å². The van der Waals surface area contributed by atoms with Gasteiger partial charge in [0, 0.05) is 11.5 Å². The van der Waals surface area contributed by atoms with Gasteiger partial charge in [-0.2, -0.15) is 0 Å². The van der Waals surface area contributed by atoms with Crippen LogP contribution in [0.5, 0.6) is 5.75 Å². The number of ether oxygens (including phenoxy) is 1. The highest BCUT2D eigenvalue weighted by molar-refractivity contribution is 5.88. The number of aromatic carboxylic acids is 1. The second-order valence-electron chi connectivity index (χ2n) is 5.49. The standard InChI is InChI=1S/C14H15FN2O4/c1-14(2,3)13-17-16-11(21-13)7-20-8-4-5-9(12(18)19)10(15)6-8/h4-6H,7H2,1-3H3,(H,18,19). The van der Waals surface area contributed by atoms with Crippen molar-refractivity contribution in [2.45, 2.75) is 32.8 Å². The molecule has 6 nitrogen and oxygen atoms in total. The fourth-order valence-corrected chi connectivity index (χ4v) is 1.52. The van der Waals surface area contributed by atoms with E-state index in [4.69, 9.17) is 14.3 Å². The van der Waals surface area contributed by atoms with Crippen molar-refractivity contribution in [3.8, 4) is 5.75 Å². The van der Waals surface area contributed by atoms with Gasteiger partial charge >= 0.3 is 5.97 Å². The Bertz CT molecular complexity index is 661. The summed E-state index contributed by atoms with van der Waals surface area (Å²) in [4.78, 5) is 10.7. The Morgan fingerprint density at radius 3 is 2.62 bits per heavy atom. The molecular weight excluding hydrogens is 279 g/mol. The maximum Gasteiger partial charge on any atom is 0.338 e. The first-order valence-corrected chi connectivity index (χ1v) is 6.26. The van der Waals surface area contributed by atoms with Crippen molar-refractivity contribution in [1.29, 1.82) is 0 Å². The summed E-state index contributed by atoms with van der Waals surface area (Å²) in [6.45, 7) is 5.79. The van der Waals surface area contributed by atoms with E-state index in [1.807, 2.05) is 20.8 Å². The third-order valence-corrected chi connectivity index (χ3v) is 2.64. The van der Waals surface area contributed by atoms with Gasteiger partial charge in [0.2, 0.25) is 5.89 Å². The van der Waals surface area contributed by atoms with E-state index in [1.54, 1.807) is 0 Å². The van der Waals surface area contributed by atoms with Crippen LogP contribution in [0.25, 0.3) is 0 Å². The number of hydrogen-bond acceptors (Lipinski definition) is 5. The smallest absolute Gasteiger partial charge is 0.338 e. The minimum absolute atomic E-state index is 0.0189. The SMILES string of the molecule is CC(C)(C)c1nnc(COc2ccc(C(=O)O)c(F)c2)o1. The van der Waals surface area contributed by atoms with E-state index < -0.39 is 17.3 Å². The van der Waals surface area contributed by atoms with Crippen molar-refractivity contribution < 1.29 is 23.4 Å². The quantitative estimate of drug-likeness (QED) is 0.933. The molecule has 0 saturated carbocycles. The molecule has 112 valence electrons. The van der Waals surface area contributed by atoms with E-state index in [9.17, 15) is 9.18 Å². The molecule has 2 aromatic rings. The summed E-state index contributed by atoms with van der Waals surface area (Å²) in [5.41, 5.74) is -0.671. The normalized spacial score (nSPS) is 11.4. The highest BCUT2D eigenvalue weighted by atomic mass is 19.1. The average Bonchev–Trinajstić information content (AvgIpc) is 2.84. The number of carboxylic acid groups (broad SMARTS) is 1. The Balaban J connectivity index is 2.05. The topological polar surface area (TPSA) is 85.5 Å². The van der Waals surface area contributed by atoms with Crippen molar-refractivity contribution in [1.82, 2.24) is 10.2 Å². The fourth-order valence-electron chi connectivity index (χ4n) is 1.52. The zero-order chi connectivity index (χ0) is 15.6. The molecule has 1 heterocycles. The Morgan fingerprint density at radius 2 is 2.10 bits per heavy atom. The molecule has 0 spiro atoms. The molecular formula is C14H15FN2O4. The molecule has 1 aromatic carbocycles. The van der Waals surface area contributed by atoms with Gasteiger partial charge in [0.1, 0.15) is 11.6 Å². The molecule has 0 fully saturated rings. The fraction of sp³-hybridized carbons (Fsp3) is 0.357. The van der Waals surface area contributed by atoms with E-state index >= 15 is 0 Å². The number of carboxylic acids is 1. The van der Waals surface area contributed by atoms with Crippen LogP contribution >= 0.6 is 0 Å². The molecule has 21 heavy (non-hydrogen) atoms. The first-order valence-electron chi connectivity index (χ1n) is 6.26. The van der Waals surface area contributed by atoms with Crippen molar-refractivity contribution in [2.75, 3.05) is 0 Å². The summed E-state index contributed by atoms with van der Waals surface area (Å²) < 4.78 is 24.2. The highest BCUT2D eigenvalue weighted by Crippen LogP contribution is 2.21. The first kappa shape index (κ1) is 15.0. The zero-order valence-electron chi connectivity index (χ0n) is 11.9. The molecule has 7 heteroatoms. The molecule has 0 amide bonds. The van der Waals surface area contributed by atoms with Gasteiger partial charge in [-0.15, -0.1) is 10.2 Å². The van der Waals surface area contributed by atoms with E-state index in [0.717, 1.165) is 12.1 Å². The third kappa shape index (κ3) is 3.56. The molecule has 0 aliphatic rings. The van der Waals surface area contributed by atoms with Crippen LogP contribution in [0.15, 0.2) is 22.6 Å². The van der Waals surface area contributed by atoms with E-state index in [-0.39, 0.29) is 23.7 Å². The largest absolute Gasteiger partial charge is 0.484 e. The molecule has 1 aromatic heterocycles. The first-order chi connectivity index (χ1) is 9.77. The average molecular weight is 294 g/mol. The molecule has 0 aliphatic carbocycles. The number of aromatic nitrogens is 2. The summed E-state index contributed by atoms with van der Waals surface area (Å²) in [6, 6.07) is 3.51. The molecule has 2 rings (SSSR count). The lowest BCUT2D eigenvalue weighted by Crippen LogP contribution is -2.11. The number of benzene rings is 1. The van der Waals surface area contributed by atoms with Gasteiger partial charge in [-0.25, -0.2) is 9.18 Å². The Hall–Kier alpha value is -2.44. The molecule has 1 N–H and O–H groups in total. The third-order valence-electron chi connectivity index (χ3n) is 2.64. The maximum atomic E-state index is 13.5. The van der Waals surface area contributed by atoms with Gasteiger partial charge in [0.15, 0.2) is 6.61 Å². The molecule has 0 radical (unpaired) electrons. The van der Waals surface area contributed by atoms with Gasteiger partial charge in [0.25, 0.3) is 5.89 Å². The van der Waals surface area contributed by atoms with E-state index in [2.05, 4.69) is 10.2 Å². The highest BCUT2D eigenvalue weighted by Gasteiger charge is 2.21. The minimum Gasteiger partial charge on any atom is -0.484 e. The second kappa shape index (κ2) is 5.51. The molecule has 0 aliphatic heterocycles. The Labute approximate surface area is 120 Å². The summed E-state index contributed by atoms with van der Waals surface area (Å²) in [6.07, 6.45) is 0. The molecule has 0 atom stereocenters. The molecule has 0 unspecified atom stereocenters. The summed E-state index contributed by atoms with van der Waals surface area (Å²) in [5, 5.41) is 16.5. The van der Waals surface area contributed by atoms with Crippen LogP contribution in [0, 0.1) is 5.82 Å². The lowest BCUT2D eigenvalue weighted by atomic mass is 9.97. The Morgan fingerprint density at radius 1 is 1.38 bits per heavy atom. The van der Waals surface area contributed by atoms with Crippen molar-refractivity contribution in [2.24, 2.45) is 0 Å². The van der Waals surface area contributed by atoms with Gasteiger partial charge in [-0.1, -0.05) is 20.8 Å². The lowest BCUT2D eigenvalue weighted by Gasteiger charge is -2.11.